The summed E-state index contributed by atoms with van der Waals surface area (Å²) in [6.07, 6.45) is -4.69. The normalized spacial score (nSPS) is 27.5. The molecule has 0 amide bonds. The van der Waals surface area contributed by atoms with E-state index in [1.807, 2.05) is 0 Å². The summed E-state index contributed by atoms with van der Waals surface area (Å²) in [5, 5.41) is 3.21. The second kappa shape index (κ2) is 6.38. The van der Waals surface area contributed by atoms with E-state index >= 15 is 0 Å². The van der Waals surface area contributed by atoms with Crippen molar-refractivity contribution >= 4 is 34.5 Å². The summed E-state index contributed by atoms with van der Waals surface area (Å²) in [6.45, 7) is -0.210. The molecule has 0 saturated carbocycles. The zero-order chi connectivity index (χ0) is 12.8. The minimum atomic E-state index is -1.73. The molecule has 0 spiro atoms. The minimum Gasteiger partial charge on any atom is -0.433 e. The molecule has 0 bridgehead atoms. The lowest BCUT2D eigenvalue weighted by Crippen LogP contribution is -2.42. The van der Waals surface area contributed by atoms with Gasteiger partial charge in [-0.15, -0.1) is 0 Å². The molecule has 1 rings (SSSR count). The van der Waals surface area contributed by atoms with E-state index in [0.29, 0.717) is 0 Å². The van der Waals surface area contributed by atoms with Crippen LogP contribution in [0.3, 0.4) is 0 Å². The zero-order valence-corrected chi connectivity index (χ0v) is 10.3. The van der Waals surface area contributed by atoms with Crippen molar-refractivity contribution in [2.75, 3.05) is 13.7 Å². The van der Waals surface area contributed by atoms with Crippen molar-refractivity contribution in [1.82, 2.24) is 0 Å². The average Bonchev–Trinajstić information content (AvgIpc) is 2.28. The van der Waals surface area contributed by atoms with E-state index in [9.17, 15) is 14.0 Å². The smallest absolute Gasteiger partial charge is 0.433 e. The summed E-state index contributed by atoms with van der Waals surface area (Å²) < 4.78 is 26.7. The summed E-state index contributed by atoms with van der Waals surface area (Å²) in [6, 6.07) is 0. The molecule has 0 aliphatic carbocycles. The number of nitrogens with zero attached hydrogens (tertiary/aromatic N) is 1. The Morgan fingerprint density at radius 3 is 2.94 bits per heavy atom. The zero-order valence-electron chi connectivity index (χ0n) is 8.67. The SMILES string of the molecule is CON=C[C@H](F)[C@@H]1OC(=O)OC(=O)OC[C@H]1Br. The van der Waals surface area contributed by atoms with E-state index in [-0.39, 0.29) is 6.61 Å². The third kappa shape index (κ3) is 4.17. The average molecular weight is 314 g/mol. The maximum absolute atomic E-state index is 13.6. The van der Waals surface area contributed by atoms with Gasteiger partial charge >= 0.3 is 12.3 Å². The number of ether oxygens (including phenoxy) is 3. The van der Waals surface area contributed by atoms with Gasteiger partial charge in [-0.05, 0) is 0 Å². The summed E-state index contributed by atoms with van der Waals surface area (Å²) in [5.41, 5.74) is 0. The first-order chi connectivity index (χ1) is 8.04. The molecule has 0 unspecified atom stereocenters. The first-order valence-electron chi connectivity index (χ1n) is 4.44. The maximum Gasteiger partial charge on any atom is 0.519 e. The Balaban J connectivity index is 2.70. The van der Waals surface area contributed by atoms with Crippen LogP contribution in [-0.4, -0.2) is 49.3 Å². The number of alkyl halides is 2. The molecule has 1 fully saturated rings. The van der Waals surface area contributed by atoms with Crippen LogP contribution in [0.4, 0.5) is 14.0 Å². The van der Waals surface area contributed by atoms with Crippen molar-refractivity contribution in [3.05, 3.63) is 0 Å². The monoisotopic (exact) mass is 313 g/mol. The number of hydrogen-bond donors (Lipinski definition) is 0. The molecular weight excluding hydrogens is 305 g/mol. The molecule has 96 valence electrons. The number of carbonyl (C=O) groups is 2. The molecule has 17 heavy (non-hydrogen) atoms. The molecule has 0 aromatic carbocycles. The standard InChI is InChI=1S/C8H9BrFNO6/c1-14-11-2-5(10)6-4(9)3-15-7(12)17-8(13)16-6/h2,4-6H,3H2,1H3/t4-,5+,6-/m1/s1. The van der Waals surface area contributed by atoms with Crippen molar-refractivity contribution in [3.63, 3.8) is 0 Å². The third-order valence-electron chi connectivity index (χ3n) is 1.74. The molecule has 9 heteroatoms. The summed E-state index contributed by atoms with van der Waals surface area (Å²) in [7, 11) is 1.24. The van der Waals surface area contributed by atoms with Crippen LogP contribution in [0.25, 0.3) is 0 Å². The van der Waals surface area contributed by atoms with Crippen LogP contribution in [0.2, 0.25) is 0 Å². The number of halogens is 2. The van der Waals surface area contributed by atoms with Crippen molar-refractivity contribution in [2.24, 2.45) is 5.16 Å². The Morgan fingerprint density at radius 1 is 1.59 bits per heavy atom. The lowest BCUT2D eigenvalue weighted by atomic mass is 10.2. The summed E-state index contributed by atoms with van der Waals surface area (Å²) >= 11 is 3.03. The van der Waals surface area contributed by atoms with Crippen molar-refractivity contribution in [2.45, 2.75) is 17.1 Å². The Morgan fingerprint density at radius 2 is 2.29 bits per heavy atom. The maximum atomic E-state index is 13.6. The van der Waals surface area contributed by atoms with Crippen LogP contribution >= 0.6 is 15.9 Å². The second-order valence-corrected chi connectivity index (χ2v) is 4.07. The fourth-order valence-electron chi connectivity index (χ4n) is 1.02. The molecule has 1 saturated heterocycles. The van der Waals surface area contributed by atoms with Gasteiger partial charge in [0.05, 0.1) is 11.0 Å². The van der Waals surface area contributed by atoms with Gasteiger partial charge in [0.1, 0.15) is 13.7 Å². The van der Waals surface area contributed by atoms with Crippen LogP contribution < -0.4 is 0 Å². The van der Waals surface area contributed by atoms with Gasteiger partial charge in [0.15, 0.2) is 12.3 Å². The Labute approximate surface area is 104 Å². The highest BCUT2D eigenvalue weighted by Gasteiger charge is 2.35. The number of oxime groups is 1. The molecule has 3 atom stereocenters. The van der Waals surface area contributed by atoms with Gasteiger partial charge in [-0.3, -0.25) is 0 Å². The summed E-state index contributed by atoms with van der Waals surface area (Å²) in [4.78, 5) is 25.3. The first-order valence-corrected chi connectivity index (χ1v) is 5.36. The van der Waals surface area contributed by atoms with E-state index < -0.39 is 29.4 Å². The predicted octanol–water partition coefficient (Wildman–Crippen LogP) is 1.39. The highest BCUT2D eigenvalue weighted by Crippen LogP contribution is 2.19. The van der Waals surface area contributed by atoms with Crippen LogP contribution in [0.15, 0.2) is 5.16 Å². The first kappa shape index (κ1) is 13.7. The van der Waals surface area contributed by atoms with E-state index in [1.165, 1.54) is 7.11 Å². The van der Waals surface area contributed by atoms with Gasteiger partial charge in [-0.2, -0.15) is 0 Å². The van der Waals surface area contributed by atoms with Crippen LogP contribution in [-0.2, 0) is 19.0 Å². The molecule has 1 heterocycles. The Hall–Kier alpha value is -1.38. The second-order valence-electron chi connectivity index (χ2n) is 2.89. The molecule has 1 aliphatic rings. The van der Waals surface area contributed by atoms with Gasteiger partial charge in [0.25, 0.3) is 0 Å². The van der Waals surface area contributed by atoms with E-state index in [2.05, 4.69) is 40.1 Å². The van der Waals surface area contributed by atoms with Gasteiger partial charge in [-0.25, -0.2) is 14.0 Å². The summed E-state index contributed by atoms with van der Waals surface area (Å²) in [5.74, 6) is 0. The van der Waals surface area contributed by atoms with Gasteiger partial charge in [0.2, 0.25) is 0 Å². The van der Waals surface area contributed by atoms with Gasteiger partial charge in [0, 0.05) is 0 Å². The molecular formula is C8H9BrFNO6. The lowest BCUT2D eigenvalue weighted by Gasteiger charge is -2.24. The van der Waals surface area contributed by atoms with E-state index in [4.69, 9.17) is 0 Å². The fourth-order valence-corrected chi connectivity index (χ4v) is 1.55. The van der Waals surface area contributed by atoms with Crippen LogP contribution in [0.1, 0.15) is 0 Å². The lowest BCUT2D eigenvalue weighted by molar-refractivity contribution is -0.0222. The molecule has 0 aromatic heterocycles. The quantitative estimate of drug-likeness (QED) is 0.257. The van der Waals surface area contributed by atoms with Crippen molar-refractivity contribution in [3.8, 4) is 0 Å². The van der Waals surface area contributed by atoms with Gasteiger partial charge < -0.3 is 19.0 Å². The number of carbonyl (C=O) groups excluding carboxylic acids is 2. The Kier molecular flexibility index (Phi) is 5.13. The Bertz CT molecular complexity index is 325. The number of hydrogen-bond acceptors (Lipinski definition) is 7. The molecule has 1 aliphatic heterocycles. The molecule has 7 nitrogen and oxygen atoms in total. The minimum absolute atomic E-state index is 0.210. The number of cyclic esters (lactones) is 4. The molecule has 0 radical (unpaired) electrons. The van der Waals surface area contributed by atoms with Crippen molar-refractivity contribution < 1.29 is 33.0 Å². The largest absolute Gasteiger partial charge is 0.519 e. The fraction of sp³-hybridized carbons (Fsp3) is 0.625. The highest BCUT2D eigenvalue weighted by atomic mass is 79.9. The number of rotatable bonds is 3. The molecule has 0 N–H and O–H groups in total. The van der Waals surface area contributed by atoms with E-state index in [0.717, 1.165) is 6.21 Å². The van der Waals surface area contributed by atoms with Crippen molar-refractivity contribution in [1.29, 1.82) is 0 Å². The predicted molar refractivity (Wildman–Crippen MR) is 55.8 cm³/mol. The molecule has 0 aromatic rings. The van der Waals surface area contributed by atoms with E-state index in [1.54, 1.807) is 0 Å². The third-order valence-corrected chi connectivity index (χ3v) is 2.52. The topological polar surface area (TPSA) is 83.4 Å². The van der Waals surface area contributed by atoms with Crippen LogP contribution in [0.5, 0.6) is 0 Å². The highest BCUT2D eigenvalue weighted by molar-refractivity contribution is 9.09. The van der Waals surface area contributed by atoms with Crippen LogP contribution in [0, 0.1) is 0 Å². The van der Waals surface area contributed by atoms with Gasteiger partial charge in [-0.1, -0.05) is 21.1 Å².